The number of rotatable bonds is 22. The van der Waals surface area contributed by atoms with Crippen LogP contribution in [0.4, 0.5) is 0 Å². The molecule has 3 N–H and O–H groups in total. The van der Waals surface area contributed by atoms with Crippen molar-refractivity contribution in [1.82, 2.24) is 20.9 Å². The molecule has 40 heavy (non-hydrogen) atoms. The van der Waals surface area contributed by atoms with E-state index in [9.17, 15) is 28.8 Å². The van der Waals surface area contributed by atoms with E-state index in [2.05, 4.69) is 16.0 Å². The number of nitrogens with zero attached hydrogens (tertiary/aromatic N) is 1. The van der Waals surface area contributed by atoms with Crippen molar-refractivity contribution in [3.8, 4) is 0 Å². The second kappa shape index (κ2) is 21.8. The summed E-state index contributed by atoms with van der Waals surface area (Å²) in [5.74, 6) is 0.380. The minimum Gasteiger partial charge on any atom is -0.345 e. The van der Waals surface area contributed by atoms with Gasteiger partial charge in [0.05, 0.1) is 18.1 Å². The molecule has 12 heteroatoms. The van der Waals surface area contributed by atoms with Crippen LogP contribution >= 0.6 is 23.5 Å². The van der Waals surface area contributed by atoms with E-state index in [0.29, 0.717) is 44.3 Å². The van der Waals surface area contributed by atoms with Gasteiger partial charge in [0.2, 0.25) is 17.7 Å². The summed E-state index contributed by atoms with van der Waals surface area (Å²) in [6, 6.07) is -1.44. The summed E-state index contributed by atoms with van der Waals surface area (Å²) in [6.45, 7) is 8.55. The molecule has 0 radical (unpaired) electrons. The Morgan fingerprint density at radius 3 is 1.88 bits per heavy atom. The molecular formula is C28H50N4O6S2. The third-order valence-electron chi connectivity index (χ3n) is 6.35. The number of carbonyl (C=O) groups is 6. The van der Waals surface area contributed by atoms with Gasteiger partial charge in [0.15, 0.2) is 10.2 Å². The molecule has 0 bridgehead atoms. The molecule has 0 aromatic heterocycles. The number of amides is 3. The molecule has 0 heterocycles. The molecule has 10 nitrogen and oxygen atoms in total. The van der Waals surface area contributed by atoms with E-state index < -0.39 is 23.5 Å². The van der Waals surface area contributed by atoms with Gasteiger partial charge in [-0.25, -0.2) is 0 Å². The maximum Gasteiger partial charge on any atom is 0.245 e. The van der Waals surface area contributed by atoms with Crippen LogP contribution in [0.25, 0.3) is 0 Å². The van der Waals surface area contributed by atoms with Crippen molar-refractivity contribution in [2.24, 2.45) is 0 Å². The van der Waals surface area contributed by atoms with Gasteiger partial charge < -0.3 is 25.6 Å². The van der Waals surface area contributed by atoms with Crippen molar-refractivity contribution in [2.75, 3.05) is 31.6 Å². The zero-order valence-corrected chi connectivity index (χ0v) is 26.8. The van der Waals surface area contributed by atoms with Gasteiger partial charge in [0.1, 0.15) is 12.3 Å². The number of carbonyl (C=O) groups excluding carboxylic acids is 6. The molecule has 0 aromatic carbocycles. The Morgan fingerprint density at radius 2 is 1.40 bits per heavy atom. The fourth-order valence-corrected chi connectivity index (χ4v) is 5.04. The Kier molecular flexibility index (Phi) is 20.7. The second-order valence-electron chi connectivity index (χ2n) is 10.3. The summed E-state index contributed by atoms with van der Waals surface area (Å²) in [7, 11) is 1.67. The second-order valence-corrected chi connectivity index (χ2v) is 12.9. The first-order valence-corrected chi connectivity index (χ1v) is 16.1. The summed E-state index contributed by atoms with van der Waals surface area (Å²) in [4.78, 5) is 74.4. The van der Waals surface area contributed by atoms with Crippen molar-refractivity contribution in [3.63, 3.8) is 0 Å². The lowest BCUT2D eigenvalue weighted by Crippen LogP contribution is -2.58. The zero-order valence-electron chi connectivity index (χ0n) is 25.1. The summed E-state index contributed by atoms with van der Waals surface area (Å²) < 4.78 is 0. The highest BCUT2D eigenvalue weighted by molar-refractivity contribution is 8.13. The fraction of sp³-hybridized carbons (Fsp3) is 0.786. The SMILES string of the molecule is CCCN(CC(=O)NC(C=O)CCCCCSC(C)=O)C(=O)C(CCCCCSC(C)=O)NC(=O)C(C)(C)NC. The third kappa shape index (κ3) is 17.7. The van der Waals surface area contributed by atoms with Crippen molar-refractivity contribution < 1.29 is 28.8 Å². The average molecular weight is 603 g/mol. The van der Waals surface area contributed by atoms with Crippen LogP contribution in [0, 0.1) is 0 Å². The van der Waals surface area contributed by atoms with E-state index in [4.69, 9.17) is 0 Å². The molecule has 230 valence electrons. The van der Waals surface area contributed by atoms with E-state index in [0.717, 1.165) is 37.9 Å². The van der Waals surface area contributed by atoms with Crippen LogP contribution in [0.5, 0.6) is 0 Å². The summed E-state index contributed by atoms with van der Waals surface area (Å²) in [6.07, 6.45) is 6.98. The Morgan fingerprint density at radius 1 is 0.850 bits per heavy atom. The van der Waals surface area contributed by atoms with E-state index in [1.165, 1.54) is 42.3 Å². The number of aldehydes is 1. The molecule has 0 saturated heterocycles. The average Bonchev–Trinajstić information content (AvgIpc) is 2.89. The first kappa shape index (κ1) is 38.1. The van der Waals surface area contributed by atoms with Crippen molar-refractivity contribution in [3.05, 3.63) is 0 Å². The molecular weight excluding hydrogens is 552 g/mol. The van der Waals surface area contributed by atoms with Gasteiger partial charge in [0.25, 0.3) is 0 Å². The summed E-state index contributed by atoms with van der Waals surface area (Å²) >= 11 is 2.55. The lowest BCUT2D eigenvalue weighted by molar-refractivity contribution is -0.140. The van der Waals surface area contributed by atoms with Gasteiger partial charge in [-0.15, -0.1) is 0 Å². The molecule has 3 amide bonds. The van der Waals surface area contributed by atoms with E-state index in [-0.39, 0.29) is 28.6 Å². The monoisotopic (exact) mass is 602 g/mol. The molecule has 0 aliphatic carbocycles. The minimum atomic E-state index is -0.883. The third-order valence-corrected chi connectivity index (χ3v) is 8.15. The Hall–Kier alpha value is -1.92. The lowest BCUT2D eigenvalue weighted by Gasteiger charge is -2.30. The van der Waals surface area contributed by atoms with Crippen LogP contribution in [0.15, 0.2) is 0 Å². The highest BCUT2D eigenvalue weighted by atomic mass is 32.2. The van der Waals surface area contributed by atoms with Crippen LogP contribution in [0.1, 0.15) is 92.4 Å². The zero-order chi connectivity index (χ0) is 30.6. The van der Waals surface area contributed by atoms with E-state index in [1.54, 1.807) is 20.9 Å². The first-order chi connectivity index (χ1) is 18.9. The minimum absolute atomic E-state index is 0.0729. The van der Waals surface area contributed by atoms with Gasteiger partial charge in [-0.1, -0.05) is 56.1 Å². The number of hydrogen-bond donors (Lipinski definition) is 3. The maximum atomic E-state index is 13.6. The highest BCUT2D eigenvalue weighted by Crippen LogP contribution is 2.13. The number of unbranched alkanes of at least 4 members (excludes halogenated alkanes) is 4. The molecule has 0 fully saturated rings. The van der Waals surface area contributed by atoms with Gasteiger partial charge in [-0.3, -0.25) is 24.0 Å². The van der Waals surface area contributed by atoms with Gasteiger partial charge in [-0.2, -0.15) is 0 Å². The van der Waals surface area contributed by atoms with E-state index >= 15 is 0 Å². The van der Waals surface area contributed by atoms with Crippen molar-refractivity contribution in [2.45, 2.75) is 110 Å². The van der Waals surface area contributed by atoms with Crippen LogP contribution in [-0.2, 0) is 28.8 Å². The normalized spacial score (nSPS) is 12.8. The largest absolute Gasteiger partial charge is 0.345 e. The molecule has 2 unspecified atom stereocenters. The van der Waals surface area contributed by atoms with Crippen LogP contribution < -0.4 is 16.0 Å². The van der Waals surface area contributed by atoms with Crippen LogP contribution in [0.3, 0.4) is 0 Å². The maximum absolute atomic E-state index is 13.6. The van der Waals surface area contributed by atoms with Gasteiger partial charge in [-0.05, 0) is 53.0 Å². The smallest absolute Gasteiger partial charge is 0.245 e. The number of nitrogens with one attached hydrogen (secondary N) is 3. The predicted molar refractivity (Wildman–Crippen MR) is 163 cm³/mol. The Labute approximate surface area is 248 Å². The summed E-state index contributed by atoms with van der Waals surface area (Å²) in [5.41, 5.74) is -0.883. The van der Waals surface area contributed by atoms with Crippen molar-refractivity contribution in [1.29, 1.82) is 0 Å². The fourth-order valence-electron chi connectivity index (χ4n) is 3.77. The quantitative estimate of drug-likeness (QED) is 0.126. The Bertz CT molecular complexity index is 825. The van der Waals surface area contributed by atoms with E-state index in [1.807, 2.05) is 6.92 Å². The molecule has 0 aliphatic heterocycles. The number of hydrogen-bond acceptors (Lipinski definition) is 9. The molecule has 0 saturated carbocycles. The van der Waals surface area contributed by atoms with Crippen LogP contribution in [-0.4, -0.2) is 88.4 Å². The van der Waals surface area contributed by atoms with Gasteiger partial charge in [0, 0.05) is 31.9 Å². The predicted octanol–water partition coefficient (Wildman–Crippen LogP) is 3.07. The molecule has 0 spiro atoms. The molecule has 0 rings (SSSR count). The lowest BCUT2D eigenvalue weighted by atomic mass is 10.0. The van der Waals surface area contributed by atoms with Crippen molar-refractivity contribution >= 4 is 57.8 Å². The topological polar surface area (TPSA) is 142 Å². The first-order valence-electron chi connectivity index (χ1n) is 14.2. The molecule has 0 aromatic rings. The standard InChI is InChI=1S/C28H50N4O6S2/c1-7-16-32(19-25(36)30-23(20-33)14-10-8-12-17-39-21(2)34)26(37)24(31-27(38)28(4,5)29-6)15-11-9-13-18-40-22(3)35/h20,23-24,29H,7-19H2,1-6H3,(H,30,36)(H,31,38). The molecule has 2 atom stereocenters. The molecule has 0 aliphatic rings. The number of thioether (sulfide) groups is 2. The van der Waals surface area contributed by atoms with Crippen LogP contribution in [0.2, 0.25) is 0 Å². The highest BCUT2D eigenvalue weighted by Gasteiger charge is 2.32. The van der Waals surface area contributed by atoms with Gasteiger partial charge >= 0.3 is 0 Å². The Balaban J connectivity index is 5.18. The number of likely N-dealkylation sites (N-methyl/N-ethyl adjacent to an activating group) is 1. The summed E-state index contributed by atoms with van der Waals surface area (Å²) in [5, 5.41) is 8.69.